The van der Waals surface area contributed by atoms with Gasteiger partial charge in [0, 0.05) is 35.2 Å². The van der Waals surface area contributed by atoms with Gasteiger partial charge in [0.2, 0.25) is 34.6 Å². The van der Waals surface area contributed by atoms with Crippen LogP contribution in [0.4, 0.5) is 0 Å². The van der Waals surface area contributed by atoms with E-state index in [2.05, 4.69) is 0 Å². The molecule has 276 valence electrons. The molecule has 2 unspecified atom stereocenters. The summed E-state index contributed by atoms with van der Waals surface area (Å²) in [4.78, 5) is 39.2. The number of ketones is 2. The van der Waals surface area contributed by atoms with Gasteiger partial charge in [-0.25, -0.2) is 4.79 Å². The lowest BCUT2D eigenvalue weighted by Gasteiger charge is -2.37. The number of aliphatic hydroxyl groups is 3. The number of fused-ring (bicyclic) bond motifs is 2. The Kier molecular flexibility index (Phi) is 8.95. The van der Waals surface area contributed by atoms with Crippen molar-refractivity contribution >= 4 is 17.5 Å². The molecule has 2 atom stereocenters. The minimum absolute atomic E-state index is 0.0173. The number of ether oxygens (including phenoxy) is 4. The molecule has 1 aliphatic heterocycles. The second-order valence-corrected chi connectivity index (χ2v) is 12.0. The number of allylic oxidation sites excluding steroid dienone is 2. The van der Waals surface area contributed by atoms with Gasteiger partial charge in [-0.05, 0) is 47.9 Å². The molecule has 0 radical (unpaired) electrons. The number of carbonyl (C=O) groups is 3. The van der Waals surface area contributed by atoms with Crippen LogP contribution in [0.2, 0.25) is 0 Å². The van der Waals surface area contributed by atoms with Gasteiger partial charge in [-0.2, -0.15) is 0 Å². The highest BCUT2D eigenvalue weighted by atomic mass is 16.8. The lowest BCUT2D eigenvalue weighted by Crippen LogP contribution is -2.41. The molecular weight excluding hydrogens is 704 g/mol. The fourth-order valence-corrected chi connectivity index (χ4v) is 6.07. The number of rotatable bonds is 8. The first-order chi connectivity index (χ1) is 25.0. The summed E-state index contributed by atoms with van der Waals surface area (Å²) in [5, 5.41) is 103. The summed E-state index contributed by atoms with van der Waals surface area (Å²) in [5.41, 5.74) is -1.14. The SMILES string of the molecule is CCc1cc2c(cc1C(=O)Oc1cc(O)c3c(c1)OC(c1ccc(O)c(O)c1)C(OC(O)(O)c1cc(O)c(O)c(O)c1O)C3)C(=O)C(OC)=C(O)C2=O. The smallest absolute Gasteiger partial charge is 0.343 e. The van der Waals surface area contributed by atoms with Crippen molar-refractivity contribution in [3.63, 3.8) is 0 Å². The lowest BCUT2D eigenvalue weighted by molar-refractivity contribution is -0.375. The van der Waals surface area contributed by atoms with Crippen molar-refractivity contribution in [1.29, 1.82) is 0 Å². The van der Waals surface area contributed by atoms with Crippen LogP contribution in [-0.2, 0) is 28.3 Å². The van der Waals surface area contributed by atoms with Gasteiger partial charge in [0.15, 0.2) is 29.1 Å². The van der Waals surface area contributed by atoms with E-state index < -0.39 is 99.5 Å². The van der Waals surface area contributed by atoms with E-state index >= 15 is 0 Å². The first kappa shape index (κ1) is 36.1. The third kappa shape index (κ3) is 6.18. The number of aryl methyl sites for hydroxylation is 1. The molecule has 0 spiro atoms. The van der Waals surface area contributed by atoms with Crippen LogP contribution in [0.5, 0.6) is 51.7 Å². The highest BCUT2D eigenvalue weighted by molar-refractivity contribution is 6.25. The molecule has 1 heterocycles. The molecule has 17 nitrogen and oxygen atoms in total. The summed E-state index contributed by atoms with van der Waals surface area (Å²) >= 11 is 0. The molecule has 1 aliphatic carbocycles. The zero-order chi connectivity index (χ0) is 38.7. The van der Waals surface area contributed by atoms with E-state index in [4.69, 9.17) is 18.9 Å². The van der Waals surface area contributed by atoms with Crippen LogP contribution in [-0.4, -0.2) is 81.8 Å². The van der Waals surface area contributed by atoms with E-state index in [1.165, 1.54) is 18.2 Å². The standard InChI is InChI=1S/C36H30O17/c1-3-13-6-17-18(28(42)34(50-2)32(46)27(17)41)10-16(13)35(47)51-15-8-22(38)19-11-26(33(52-25(19)9-15)14-4-5-21(37)23(39)7-14)53-36(48,49)20-12-24(40)30(44)31(45)29(20)43/h4-10,12,26,33,37-40,43-46,48-49H,3,11H2,1-2H3. The van der Waals surface area contributed by atoms with Crippen molar-refractivity contribution in [3.05, 3.63) is 99.0 Å². The lowest BCUT2D eigenvalue weighted by atomic mass is 9.87. The normalized spacial score (nSPS) is 16.8. The number of hydrogen-bond acceptors (Lipinski definition) is 17. The molecular formula is C36H30O17. The molecule has 0 saturated heterocycles. The molecule has 4 aromatic carbocycles. The third-order valence-corrected chi connectivity index (χ3v) is 8.76. The number of carbonyl (C=O) groups excluding carboxylic acids is 3. The van der Waals surface area contributed by atoms with Crippen LogP contribution in [0, 0.1) is 0 Å². The molecule has 0 bridgehead atoms. The molecule has 2 aliphatic rings. The average Bonchev–Trinajstić information content (AvgIpc) is 3.12. The zero-order valence-corrected chi connectivity index (χ0v) is 27.5. The second-order valence-electron chi connectivity index (χ2n) is 12.0. The van der Waals surface area contributed by atoms with E-state index in [1.54, 1.807) is 6.92 Å². The Bertz CT molecular complexity index is 2250. The molecule has 53 heavy (non-hydrogen) atoms. The van der Waals surface area contributed by atoms with E-state index in [0.717, 1.165) is 31.4 Å². The molecule has 0 amide bonds. The molecule has 10 N–H and O–H groups in total. The molecule has 0 saturated carbocycles. The topological polar surface area (TPSA) is 290 Å². The fraction of sp³-hybridized carbons (Fsp3) is 0.194. The van der Waals surface area contributed by atoms with Crippen molar-refractivity contribution in [1.82, 2.24) is 0 Å². The van der Waals surface area contributed by atoms with Crippen molar-refractivity contribution < 1.29 is 84.4 Å². The summed E-state index contributed by atoms with van der Waals surface area (Å²) in [6.07, 6.45) is -3.13. The minimum Gasteiger partial charge on any atom is -0.507 e. The fourth-order valence-electron chi connectivity index (χ4n) is 6.07. The van der Waals surface area contributed by atoms with Gasteiger partial charge in [0.1, 0.15) is 23.4 Å². The monoisotopic (exact) mass is 734 g/mol. The number of hydrogen-bond donors (Lipinski definition) is 10. The number of phenols is 7. The maximum absolute atomic E-state index is 13.5. The summed E-state index contributed by atoms with van der Waals surface area (Å²) in [6.45, 7) is 1.67. The van der Waals surface area contributed by atoms with Crippen LogP contribution < -0.4 is 9.47 Å². The van der Waals surface area contributed by atoms with E-state index in [1.807, 2.05) is 0 Å². The summed E-state index contributed by atoms with van der Waals surface area (Å²) in [5.74, 6) is -14.5. The maximum atomic E-state index is 13.5. The van der Waals surface area contributed by atoms with Crippen LogP contribution in [0.15, 0.2) is 60.0 Å². The highest BCUT2D eigenvalue weighted by Gasteiger charge is 2.43. The quantitative estimate of drug-likeness (QED) is 0.0409. The number of methoxy groups -OCH3 is 1. The van der Waals surface area contributed by atoms with Gasteiger partial charge in [-0.3, -0.25) is 9.59 Å². The Hall–Kier alpha value is -6.69. The Labute approximate surface area is 297 Å². The molecule has 4 aromatic rings. The second kappa shape index (κ2) is 13.1. The summed E-state index contributed by atoms with van der Waals surface area (Å²) in [7, 11) is 1.09. The predicted molar refractivity (Wildman–Crippen MR) is 175 cm³/mol. The molecule has 6 rings (SSSR count). The van der Waals surface area contributed by atoms with Gasteiger partial charge in [-0.1, -0.05) is 13.0 Å². The summed E-state index contributed by atoms with van der Waals surface area (Å²) in [6, 6.07) is 8.60. The predicted octanol–water partition coefficient (Wildman–Crippen LogP) is 3.06. The number of phenolic OH excluding ortho intramolecular Hbond substituents is 7. The van der Waals surface area contributed by atoms with E-state index in [9.17, 15) is 65.4 Å². The van der Waals surface area contributed by atoms with E-state index in [-0.39, 0.29) is 51.3 Å². The Balaban J connectivity index is 1.36. The Morgan fingerprint density at radius 2 is 1.51 bits per heavy atom. The minimum atomic E-state index is -3.50. The van der Waals surface area contributed by atoms with Gasteiger partial charge < -0.3 is 70.0 Å². The van der Waals surface area contributed by atoms with Crippen molar-refractivity contribution in [2.24, 2.45) is 0 Å². The van der Waals surface area contributed by atoms with Crippen LogP contribution in [0.25, 0.3) is 0 Å². The van der Waals surface area contributed by atoms with Crippen molar-refractivity contribution in [2.45, 2.75) is 37.9 Å². The van der Waals surface area contributed by atoms with Gasteiger partial charge in [-0.15, -0.1) is 0 Å². The Morgan fingerprint density at radius 3 is 2.17 bits per heavy atom. The molecule has 0 aromatic heterocycles. The van der Waals surface area contributed by atoms with Crippen LogP contribution in [0.1, 0.15) is 66.4 Å². The number of benzene rings is 4. The Morgan fingerprint density at radius 1 is 0.811 bits per heavy atom. The molecule has 0 fully saturated rings. The average molecular weight is 735 g/mol. The van der Waals surface area contributed by atoms with Gasteiger partial charge >= 0.3 is 11.9 Å². The number of aliphatic hydroxyl groups excluding tert-OH is 1. The van der Waals surface area contributed by atoms with Crippen molar-refractivity contribution in [3.8, 4) is 51.7 Å². The summed E-state index contributed by atoms with van der Waals surface area (Å²) < 4.78 is 22.0. The van der Waals surface area contributed by atoms with Crippen LogP contribution in [0.3, 0.4) is 0 Å². The number of aromatic hydroxyl groups is 7. The largest absolute Gasteiger partial charge is 0.507 e. The third-order valence-electron chi connectivity index (χ3n) is 8.76. The molecule has 17 heteroatoms. The van der Waals surface area contributed by atoms with Crippen LogP contribution >= 0.6 is 0 Å². The van der Waals surface area contributed by atoms with Crippen molar-refractivity contribution in [2.75, 3.05) is 7.11 Å². The van der Waals surface area contributed by atoms with Gasteiger partial charge in [0.05, 0.1) is 18.2 Å². The number of Topliss-reactive ketones (excluding diaryl/α,β-unsaturated/α-hetero) is 2. The first-order valence-corrected chi connectivity index (χ1v) is 15.6. The van der Waals surface area contributed by atoms with Gasteiger partial charge in [0.25, 0.3) is 0 Å². The maximum Gasteiger partial charge on any atom is 0.343 e. The van der Waals surface area contributed by atoms with E-state index in [0.29, 0.717) is 6.07 Å². The highest BCUT2D eigenvalue weighted by Crippen LogP contribution is 2.49. The first-order valence-electron chi connectivity index (χ1n) is 15.6. The number of esters is 1. The zero-order valence-electron chi connectivity index (χ0n) is 27.5.